The van der Waals surface area contributed by atoms with Crippen molar-refractivity contribution in [1.82, 2.24) is 0 Å². The van der Waals surface area contributed by atoms with Crippen molar-refractivity contribution < 1.29 is 19.8 Å². The monoisotopic (exact) mass is 182 g/mol. The van der Waals surface area contributed by atoms with Crippen molar-refractivity contribution in [2.45, 2.75) is 0 Å². The van der Waals surface area contributed by atoms with E-state index in [-0.39, 0.29) is 5.57 Å². The van der Waals surface area contributed by atoms with E-state index in [1.165, 1.54) is 12.2 Å². The van der Waals surface area contributed by atoms with Gasteiger partial charge in [0.1, 0.15) is 13.2 Å². The summed E-state index contributed by atoms with van der Waals surface area (Å²) >= 11 is 0. The number of carbonyl (C=O) groups excluding carboxylic acids is 2. The second-order valence-corrected chi connectivity index (χ2v) is 2.69. The highest BCUT2D eigenvalue weighted by Crippen LogP contribution is 2.20. The smallest absolute Gasteiger partial charge is 0.185 e. The number of ketones is 2. The van der Waals surface area contributed by atoms with E-state index in [1.54, 1.807) is 6.08 Å². The Kier molecular flexibility index (Phi) is 3.11. The van der Waals surface area contributed by atoms with Crippen LogP contribution in [0.5, 0.6) is 0 Å². The van der Waals surface area contributed by atoms with Gasteiger partial charge in [-0.1, -0.05) is 18.2 Å². The quantitative estimate of drug-likeness (QED) is 0.598. The molecule has 1 rings (SSSR count). The third-order valence-corrected chi connectivity index (χ3v) is 1.88. The van der Waals surface area contributed by atoms with E-state index in [0.717, 1.165) is 0 Å². The van der Waals surface area contributed by atoms with E-state index in [4.69, 9.17) is 10.2 Å². The Morgan fingerprint density at radius 1 is 1.31 bits per heavy atom. The van der Waals surface area contributed by atoms with Gasteiger partial charge in [-0.05, 0) is 0 Å². The Morgan fingerprint density at radius 2 is 2.00 bits per heavy atom. The SMILES string of the molecule is O=C(CO)C1=CC=CC1C(=O)CO. The Morgan fingerprint density at radius 3 is 2.54 bits per heavy atom. The zero-order chi connectivity index (χ0) is 9.84. The molecular formula is C9H10O4. The van der Waals surface area contributed by atoms with Crippen molar-refractivity contribution in [1.29, 1.82) is 0 Å². The number of aliphatic hydroxyl groups is 2. The average molecular weight is 182 g/mol. The van der Waals surface area contributed by atoms with E-state index in [1.807, 2.05) is 0 Å². The van der Waals surface area contributed by atoms with Gasteiger partial charge in [0.2, 0.25) is 0 Å². The third-order valence-electron chi connectivity index (χ3n) is 1.88. The van der Waals surface area contributed by atoms with Crippen LogP contribution in [0.3, 0.4) is 0 Å². The standard InChI is InChI=1S/C9H10O4/c10-4-8(12)6-2-1-3-7(6)9(13)5-11/h1-3,6,10-11H,4-5H2. The summed E-state index contributed by atoms with van der Waals surface area (Å²) in [4.78, 5) is 22.1. The summed E-state index contributed by atoms with van der Waals surface area (Å²) in [6, 6.07) is 0. The van der Waals surface area contributed by atoms with Gasteiger partial charge in [0.25, 0.3) is 0 Å². The molecule has 1 aliphatic carbocycles. The lowest BCUT2D eigenvalue weighted by Crippen LogP contribution is -2.22. The molecule has 0 aromatic rings. The van der Waals surface area contributed by atoms with E-state index in [2.05, 4.69) is 0 Å². The van der Waals surface area contributed by atoms with E-state index in [0.29, 0.717) is 0 Å². The molecule has 1 aliphatic rings. The van der Waals surface area contributed by atoms with Crippen LogP contribution >= 0.6 is 0 Å². The van der Waals surface area contributed by atoms with Crippen LogP contribution in [0.2, 0.25) is 0 Å². The molecule has 0 aromatic heterocycles. The first-order valence-electron chi connectivity index (χ1n) is 3.86. The van der Waals surface area contributed by atoms with Gasteiger partial charge >= 0.3 is 0 Å². The van der Waals surface area contributed by atoms with E-state index in [9.17, 15) is 9.59 Å². The van der Waals surface area contributed by atoms with E-state index >= 15 is 0 Å². The van der Waals surface area contributed by atoms with Crippen LogP contribution in [-0.4, -0.2) is 35.0 Å². The lowest BCUT2D eigenvalue weighted by Gasteiger charge is -2.08. The van der Waals surface area contributed by atoms with Crippen LogP contribution in [0.15, 0.2) is 23.8 Å². The molecule has 0 fully saturated rings. The highest BCUT2D eigenvalue weighted by molar-refractivity contribution is 6.04. The Labute approximate surface area is 75.2 Å². The van der Waals surface area contributed by atoms with Crippen molar-refractivity contribution in [3.8, 4) is 0 Å². The number of allylic oxidation sites excluding steroid dienone is 3. The van der Waals surface area contributed by atoms with Crippen molar-refractivity contribution >= 4 is 11.6 Å². The Balaban J connectivity index is 2.78. The molecule has 70 valence electrons. The molecule has 4 heteroatoms. The van der Waals surface area contributed by atoms with Crippen molar-refractivity contribution in [3.05, 3.63) is 23.8 Å². The maximum atomic E-state index is 11.1. The fourth-order valence-corrected chi connectivity index (χ4v) is 1.21. The van der Waals surface area contributed by atoms with Gasteiger partial charge in [-0.3, -0.25) is 9.59 Å². The zero-order valence-corrected chi connectivity index (χ0v) is 6.93. The van der Waals surface area contributed by atoms with Crippen molar-refractivity contribution in [2.75, 3.05) is 13.2 Å². The molecule has 0 bridgehead atoms. The fourth-order valence-electron chi connectivity index (χ4n) is 1.21. The molecule has 13 heavy (non-hydrogen) atoms. The predicted octanol–water partition coefficient (Wildman–Crippen LogP) is -0.778. The van der Waals surface area contributed by atoms with Crippen molar-refractivity contribution in [2.24, 2.45) is 5.92 Å². The topological polar surface area (TPSA) is 74.6 Å². The van der Waals surface area contributed by atoms with Gasteiger partial charge in [0.15, 0.2) is 11.6 Å². The molecule has 0 saturated heterocycles. The van der Waals surface area contributed by atoms with Gasteiger partial charge in [0, 0.05) is 5.57 Å². The second-order valence-electron chi connectivity index (χ2n) is 2.69. The van der Waals surface area contributed by atoms with Crippen LogP contribution in [-0.2, 0) is 9.59 Å². The van der Waals surface area contributed by atoms with Gasteiger partial charge < -0.3 is 10.2 Å². The first-order chi connectivity index (χ1) is 6.20. The first-order valence-corrected chi connectivity index (χ1v) is 3.86. The lowest BCUT2D eigenvalue weighted by atomic mass is 9.95. The summed E-state index contributed by atoms with van der Waals surface area (Å²) < 4.78 is 0. The van der Waals surface area contributed by atoms with Gasteiger partial charge in [0.05, 0.1) is 5.92 Å². The van der Waals surface area contributed by atoms with E-state index < -0.39 is 30.7 Å². The first kappa shape index (κ1) is 9.83. The summed E-state index contributed by atoms with van der Waals surface area (Å²) in [6.07, 6.45) is 4.58. The molecule has 0 saturated carbocycles. The highest BCUT2D eigenvalue weighted by atomic mass is 16.3. The molecule has 0 aromatic carbocycles. The highest BCUT2D eigenvalue weighted by Gasteiger charge is 2.26. The lowest BCUT2D eigenvalue weighted by molar-refractivity contribution is -0.125. The molecule has 0 spiro atoms. The number of Topliss-reactive ketones (excluding diaryl/α,β-unsaturated/α-hetero) is 2. The fraction of sp³-hybridized carbons (Fsp3) is 0.333. The molecule has 1 atom stereocenters. The number of rotatable bonds is 4. The van der Waals surface area contributed by atoms with Crippen molar-refractivity contribution in [3.63, 3.8) is 0 Å². The summed E-state index contributed by atoms with van der Waals surface area (Å²) in [5.74, 6) is -1.58. The van der Waals surface area contributed by atoms with Crippen LogP contribution in [0.25, 0.3) is 0 Å². The molecule has 2 N–H and O–H groups in total. The van der Waals surface area contributed by atoms with Crippen LogP contribution in [0.4, 0.5) is 0 Å². The number of hydrogen-bond acceptors (Lipinski definition) is 4. The zero-order valence-electron chi connectivity index (χ0n) is 6.93. The largest absolute Gasteiger partial charge is 0.389 e. The van der Waals surface area contributed by atoms with Gasteiger partial charge in [-0.25, -0.2) is 0 Å². The molecule has 0 aliphatic heterocycles. The number of hydrogen-bond donors (Lipinski definition) is 2. The predicted molar refractivity (Wildman–Crippen MR) is 44.9 cm³/mol. The molecule has 4 nitrogen and oxygen atoms in total. The Hall–Kier alpha value is -1.26. The summed E-state index contributed by atoms with van der Waals surface area (Å²) in [6.45, 7) is -1.20. The minimum atomic E-state index is -0.676. The van der Waals surface area contributed by atoms with Gasteiger partial charge in [-0.15, -0.1) is 0 Å². The minimum Gasteiger partial charge on any atom is -0.389 e. The third kappa shape index (κ3) is 1.91. The van der Waals surface area contributed by atoms with Crippen LogP contribution < -0.4 is 0 Å². The van der Waals surface area contributed by atoms with Crippen LogP contribution in [0, 0.1) is 5.92 Å². The summed E-state index contributed by atoms with van der Waals surface area (Å²) in [5, 5.41) is 17.2. The summed E-state index contributed by atoms with van der Waals surface area (Å²) in [7, 11) is 0. The summed E-state index contributed by atoms with van der Waals surface area (Å²) in [5.41, 5.74) is 0.251. The minimum absolute atomic E-state index is 0.251. The number of aliphatic hydroxyl groups excluding tert-OH is 2. The second kappa shape index (κ2) is 4.11. The number of carbonyl (C=O) groups is 2. The molecule has 0 radical (unpaired) electrons. The van der Waals surface area contributed by atoms with Crippen LogP contribution in [0.1, 0.15) is 0 Å². The maximum Gasteiger partial charge on any atom is 0.185 e. The average Bonchev–Trinajstić information content (AvgIpc) is 2.63. The Bertz CT molecular complexity index is 288. The molecule has 0 amide bonds. The maximum absolute atomic E-state index is 11.1. The normalized spacial score (nSPS) is 20.2. The van der Waals surface area contributed by atoms with Gasteiger partial charge in [-0.2, -0.15) is 0 Å². The molecule has 0 heterocycles. The molecular weight excluding hydrogens is 172 g/mol. The molecule has 1 unspecified atom stereocenters.